The lowest BCUT2D eigenvalue weighted by molar-refractivity contribution is -0.122. The van der Waals surface area contributed by atoms with E-state index in [1.54, 1.807) is 42.3 Å². The van der Waals surface area contributed by atoms with Crippen molar-refractivity contribution in [2.75, 3.05) is 36.7 Å². The Morgan fingerprint density at radius 3 is 2.52 bits per heavy atom. The first-order chi connectivity index (χ1) is 12.5. The molecule has 1 aliphatic heterocycles. The number of nitrogen functional groups attached to an aromatic ring is 1. The summed E-state index contributed by atoms with van der Waals surface area (Å²) in [6.07, 6.45) is 0.148. The number of amides is 2. The van der Waals surface area contributed by atoms with E-state index in [0.717, 1.165) is 0 Å². The van der Waals surface area contributed by atoms with Gasteiger partial charge >= 0.3 is 0 Å². The summed E-state index contributed by atoms with van der Waals surface area (Å²) in [6.45, 7) is 0.302. The molecule has 144 valence electrons. The van der Waals surface area contributed by atoms with E-state index in [1.165, 1.54) is 7.11 Å². The summed E-state index contributed by atoms with van der Waals surface area (Å²) >= 11 is 0. The summed E-state index contributed by atoms with van der Waals surface area (Å²) in [5.41, 5.74) is 7.53. The Morgan fingerprint density at radius 1 is 1.15 bits per heavy atom. The maximum Gasteiger partial charge on any atom is 0.229 e. The minimum atomic E-state index is -0.448. The topological polar surface area (TPSA) is 93.9 Å². The Kier molecular flexibility index (Phi) is 6.52. The maximum atomic E-state index is 12.6. The lowest BCUT2D eigenvalue weighted by Crippen LogP contribution is -2.28. The highest BCUT2D eigenvalue weighted by Gasteiger charge is 2.36. The number of hydrogen-bond donors (Lipinski definition) is 2. The van der Waals surface area contributed by atoms with Gasteiger partial charge in [-0.1, -0.05) is 12.1 Å². The summed E-state index contributed by atoms with van der Waals surface area (Å²) in [6, 6.07) is 12.3. The molecular formula is C19H22ClN3O4. The second-order valence-electron chi connectivity index (χ2n) is 6.02. The Bertz CT molecular complexity index is 843. The van der Waals surface area contributed by atoms with Crippen LogP contribution in [0.3, 0.4) is 0 Å². The van der Waals surface area contributed by atoms with Crippen molar-refractivity contribution >= 4 is 41.3 Å². The maximum absolute atomic E-state index is 12.6. The second kappa shape index (κ2) is 8.64. The zero-order valence-corrected chi connectivity index (χ0v) is 15.9. The molecule has 3 rings (SSSR count). The van der Waals surface area contributed by atoms with Gasteiger partial charge in [0, 0.05) is 18.7 Å². The van der Waals surface area contributed by atoms with Crippen LogP contribution < -0.4 is 25.4 Å². The fourth-order valence-corrected chi connectivity index (χ4v) is 3.03. The molecule has 1 heterocycles. The Labute approximate surface area is 163 Å². The third kappa shape index (κ3) is 4.25. The number of nitrogens with two attached hydrogens (primary N) is 1. The van der Waals surface area contributed by atoms with Gasteiger partial charge in [0.05, 0.1) is 31.5 Å². The average Bonchev–Trinajstić information content (AvgIpc) is 3.03. The van der Waals surface area contributed by atoms with Crippen molar-refractivity contribution < 1.29 is 19.1 Å². The van der Waals surface area contributed by atoms with Crippen LogP contribution >= 0.6 is 12.4 Å². The molecule has 27 heavy (non-hydrogen) atoms. The van der Waals surface area contributed by atoms with Crippen LogP contribution in [-0.4, -0.2) is 32.6 Å². The summed E-state index contributed by atoms with van der Waals surface area (Å²) in [5.74, 6) is 0.367. The highest BCUT2D eigenvalue weighted by molar-refractivity contribution is 6.04. The summed E-state index contributed by atoms with van der Waals surface area (Å²) < 4.78 is 10.4. The van der Waals surface area contributed by atoms with Crippen molar-refractivity contribution in [2.24, 2.45) is 5.92 Å². The number of halogens is 1. The molecule has 2 aromatic carbocycles. The minimum absolute atomic E-state index is 0. The number of anilines is 3. The first-order valence-corrected chi connectivity index (χ1v) is 8.21. The highest BCUT2D eigenvalue weighted by Crippen LogP contribution is 2.33. The minimum Gasteiger partial charge on any atom is -0.495 e. The lowest BCUT2D eigenvalue weighted by atomic mass is 10.1. The van der Waals surface area contributed by atoms with Gasteiger partial charge in [0.25, 0.3) is 0 Å². The number of hydrogen-bond acceptors (Lipinski definition) is 5. The van der Waals surface area contributed by atoms with E-state index >= 15 is 0 Å². The van der Waals surface area contributed by atoms with Gasteiger partial charge in [0.2, 0.25) is 11.8 Å². The quantitative estimate of drug-likeness (QED) is 0.764. The van der Waals surface area contributed by atoms with Gasteiger partial charge in [-0.2, -0.15) is 0 Å². The highest BCUT2D eigenvalue weighted by atomic mass is 35.5. The van der Waals surface area contributed by atoms with E-state index in [-0.39, 0.29) is 30.6 Å². The number of carbonyl (C=O) groups is 2. The van der Waals surface area contributed by atoms with Crippen molar-refractivity contribution in [3.63, 3.8) is 0 Å². The van der Waals surface area contributed by atoms with Gasteiger partial charge in [-0.05, 0) is 30.3 Å². The average molecular weight is 392 g/mol. The Hall–Kier alpha value is -2.93. The largest absolute Gasteiger partial charge is 0.495 e. The van der Waals surface area contributed by atoms with Gasteiger partial charge in [-0.25, -0.2) is 0 Å². The number of methoxy groups -OCH3 is 2. The monoisotopic (exact) mass is 391 g/mol. The molecule has 0 aromatic heterocycles. The zero-order chi connectivity index (χ0) is 18.7. The fraction of sp³-hybridized carbons (Fsp3) is 0.263. The van der Waals surface area contributed by atoms with Crippen LogP contribution in [0.1, 0.15) is 6.42 Å². The Balaban J connectivity index is 0.00000261. The molecule has 0 radical (unpaired) electrons. The number of carbonyl (C=O) groups excluding carboxylic acids is 2. The van der Waals surface area contributed by atoms with Crippen molar-refractivity contribution in [1.82, 2.24) is 0 Å². The smallest absolute Gasteiger partial charge is 0.229 e. The SMILES string of the molecule is COc1ccc(NC(=O)C2CC(=O)N(c3ccccc3OC)C2)cc1N.Cl. The van der Waals surface area contributed by atoms with Crippen molar-refractivity contribution in [1.29, 1.82) is 0 Å². The summed E-state index contributed by atoms with van der Waals surface area (Å²) in [4.78, 5) is 26.6. The van der Waals surface area contributed by atoms with Gasteiger partial charge < -0.3 is 25.4 Å². The lowest BCUT2D eigenvalue weighted by Gasteiger charge is -2.19. The molecule has 0 aliphatic carbocycles. The third-order valence-corrected chi connectivity index (χ3v) is 4.37. The molecule has 1 aliphatic rings. The molecule has 3 N–H and O–H groups in total. The van der Waals surface area contributed by atoms with Gasteiger partial charge in [-0.3, -0.25) is 9.59 Å². The number of benzene rings is 2. The molecule has 7 nitrogen and oxygen atoms in total. The normalized spacial score (nSPS) is 15.9. The van der Waals surface area contributed by atoms with Crippen LogP contribution in [0.5, 0.6) is 11.5 Å². The number of rotatable bonds is 5. The van der Waals surface area contributed by atoms with Crippen molar-refractivity contribution in [2.45, 2.75) is 6.42 Å². The first kappa shape index (κ1) is 20.4. The second-order valence-corrected chi connectivity index (χ2v) is 6.02. The van der Waals surface area contributed by atoms with Crippen LogP contribution in [0.25, 0.3) is 0 Å². The number of nitrogens with zero attached hydrogens (tertiary/aromatic N) is 1. The number of para-hydroxylation sites is 2. The van der Waals surface area contributed by atoms with E-state index in [9.17, 15) is 9.59 Å². The standard InChI is InChI=1S/C19H21N3O4.ClH/c1-25-16-8-7-13(10-14(16)20)21-19(24)12-9-18(23)22(11-12)15-5-3-4-6-17(15)26-2;/h3-8,10,12H,9,11,20H2,1-2H3,(H,21,24);1H. The molecule has 1 atom stereocenters. The molecule has 2 amide bonds. The van der Waals surface area contributed by atoms with E-state index in [2.05, 4.69) is 5.32 Å². The number of nitrogens with one attached hydrogen (secondary N) is 1. The predicted molar refractivity (Wildman–Crippen MR) is 107 cm³/mol. The van der Waals surface area contributed by atoms with Crippen LogP contribution in [0.15, 0.2) is 42.5 Å². The van der Waals surface area contributed by atoms with E-state index in [4.69, 9.17) is 15.2 Å². The van der Waals surface area contributed by atoms with Crippen LogP contribution in [-0.2, 0) is 9.59 Å². The first-order valence-electron chi connectivity index (χ1n) is 8.21. The molecule has 0 spiro atoms. The van der Waals surface area contributed by atoms with Gasteiger partial charge in [-0.15, -0.1) is 12.4 Å². The van der Waals surface area contributed by atoms with Crippen LogP contribution in [0.4, 0.5) is 17.1 Å². The third-order valence-electron chi connectivity index (χ3n) is 4.37. The summed E-state index contributed by atoms with van der Waals surface area (Å²) in [5, 5.41) is 2.81. The summed E-state index contributed by atoms with van der Waals surface area (Å²) in [7, 11) is 3.08. The molecule has 0 bridgehead atoms. The van der Waals surface area contributed by atoms with Crippen molar-refractivity contribution in [3.05, 3.63) is 42.5 Å². The molecular weight excluding hydrogens is 370 g/mol. The zero-order valence-electron chi connectivity index (χ0n) is 15.1. The van der Waals surface area contributed by atoms with E-state index in [0.29, 0.717) is 35.1 Å². The molecule has 2 aromatic rings. The van der Waals surface area contributed by atoms with E-state index < -0.39 is 5.92 Å². The van der Waals surface area contributed by atoms with Crippen LogP contribution in [0, 0.1) is 5.92 Å². The molecule has 8 heteroatoms. The fourth-order valence-electron chi connectivity index (χ4n) is 3.03. The molecule has 0 saturated carbocycles. The predicted octanol–water partition coefficient (Wildman–Crippen LogP) is 2.70. The van der Waals surface area contributed by atoms with E-state index in [1.807, 2.05) is 12.1 Å². The molecule has 1 fully saturated rings. The molecule has 1 saturated heterocycles. The molecule has 1 unspecified atom stereocenters. The van der Waals surface area contributed by atoms with Gasteiger partial charge in [0.1, 0.15) is 11.5 Å². The van der Waals surface area contributed by atoms with Crippen molar-refractivity contribution in [3.8, 4) is 11.5 Å². The Morgan fingerprint density at radius 2 is 1.85 bits per heavy atom. The van der Waals surface area contributed by atoms with Gasteiger partial charge in [0.15, 0.2) is 0 Å². The number of ether oxygens (including phenoxy) is 2. The van der Waals surface area contributed by atoms with Crippen LogP contribution in [0.2, 0.25) is 0 Å².